The average molecular weight is 305 g/mol. The second-order valence-corrected chi connectivity index (χ2v) is 4.26. The van der Waals surface area contributed by atoms with Crippen molar-refractivity contribution in [3.8, 4) is 0 Å². The molecular formula is C13H11ClF2O4. The van der Waals surface area contributed by atoms with E-state index in [1.54, 1.807) is 0 Å². The largest absolute Gasteiger partial charge is 0.460 e. The van der Waals surface area contributed by atoms with Crippen LogP contribution in [-0.2, 0) is 25.0 Å². The summed E-state index contributed by atoms with van der Waals surface area (Å²) >= 11 is 5.56. The zero-order chi connectivity index (χ0) is 15.3. The summed E-state index contributed by atoms with van der Waals surface area (Å²) in [7, 11) is 0. The van der Waals surface area contributed by atoms with Crippen molar-refractivity contribution in [3.63, 3.8) is 0 Å². The van der Waals surface area contributed by atoms with E-state index in [1.165, 1.54) is 19.1 Å². The molecule has 20 heavy (non-hydrogen) atoms. The first-order valence-corrected chi connectivity index (χ1v) is 6.04. The molecule has 0 aliphatic heterocycles. The first kappa shape index (κ1) is 16.2. The van der Waals surface area contributed by atoms with Gasteiger partial charge in [0.15, 0.2) is 0 Å². The predicted octanol–water partition coefficient (Wildman–Crippen LogP) is 2.52. The SMILES string of the molecule is CCOC(=O)C(=O)CC(=O)C(F)(F)c1ccc(Cl)cc1. The maximum absolute atomic E-state index is 13.8. The van der Waals surface area contributed by atoms with Crippen LogP contribution in [0, 0.1) is 0 Å². The fourth-order valence-corrected chi connectivity index (χ4v) is 1.49. The molecule has 1 rings (SSSR count). The summed E-state index contributed by atoms with van der Waals surface area (Å²) < 4.78 is 31.9. The summed E-state index contributed by atoms with van der Waals surface area (Å²) in [5.74, 6) is -8.14. The molecule has 0 heterocycles. The Kier molecular flexibility index (Phi) is 5.33. The van der Waals surface area contributed by atoms with Crippen molar-refractivity contribution in [2.45, 2.75) is 19.3 Å². The highest BCUT2D eigenvalue weighted by molar-refractivity contribution is 6.37. The van der Waals surface area contributed by atoms with Gasteiger partial charge in [-0.05, 0) is 19.1 Å². The Morgan fingerprint density at radius 1 is 1.20 bits per heavy atom. The van der Waals surface area contributed by atoms with E-state index in [4.69, 9.17) is 11.6 Å². The molecule has 108 valence electrons. The van der Waals surface area contributed by atoms with Crippen molar-refractivity contribution in [2.24, 2.45) is 0 Å². The number of rotatable bonds is 6. The molecule has 0 radical (unpaired) electrons. The minimum Gasteiger partial charge on any atom is -0.460 e. The van der Waals surface area contributed by atoms with Gasteiger partial charge in [0.05, 0.1) is 13.0 Å². The van der Waals surface area contributed by atoms with Gasteiger partial charge < -0.3 is 4.74 Å². The molecule has 0 fully saturated rings. The summed E-state index contributed by atoms with van der Waals surface area (Å²) in [6, 6.07) is 4.36. The number of halogens is 3. The Morgan fingerprint density at radius 3 is 2.25 bits per heavy atom. The third-order valence-corrected chi connectivity index (χ3v) is 2.63. The molecule has 0 amide bonds. The molecule has 0 aliphatic rings. The quantitative estimate of drug-likeness (QED) is 0.460. The van der Waals surface area contributed by atoms with Gasteiger partial charge in [-0.1, -0.05) is 23.7 Å². The van der Waals surface area contributed by atoms with Gasteiger partial charge in [0.2, 0.25) is 11.6 Å². The normalized spacial score (nSPS) is 11.0. The molecule has 0 aliphatic carbocycles. The number of carbonyl (C=O) groups is 3. The fourth-order valence-electron chi connectivity index (χ4n) is 1.36. The van der Waals surface area contributed by atoms with Gasteiger partial charge in [0.1, 0.15) is 0 Å². The van der Waals surface area contributed by atoms with Crippen molar-refractivity contribution in [1.82, 2.24) is 0 Å². The maximum atomic E-state index is 13.8. The van der Waals surface area contributed by atoms with Crippen LogP contribution in [0.1, 0.15) is 18.9 Å². The maximum Gasteiger partial charge on any atom is 0.375 e. The molecule has 7 heteroatoms. The fraction of sp³-hybridized carbons (Fsp3) is 0.308. The van der Waals surface area contributed by atoms with E-state index in [9.17, 15) is 23.2 Å². The smallest absolute Gasteiger partial charge is 0.375 e. The number of ether oxygens (including phenoxy) is 1. The second-order valence-electron chi connectivity index (χ2n) is 3.82. The van der Waals surface area contributed by atoms with Crippen molar-refractivity contribution >= 4 is 29.1 Å². The number of alkyl halides is 2. The standard InChI is InChI=1S/C13H11ClF2O4/c1-2-20-12(19)10(17)7-11(18)13(15,16)8-3-5-9(14)6-4-8/h3-6H,2,7H2,1H3. The summed E-state index contributed by atoms with van der Waals surface area (Å²) in [4.78, 5) is 33.7. The Labute approximate surface area is 118 Å². The van der Waals surface area contributed by atoms with Crippen LogP contribution in [0.4, 0.5) is 8.78 Å². The van der Waals surface area contributed by atoms with Crippen LogP contribution in [0.3, 0.4) is 0 Å². The zero-order valence-electron chi connectivity index (χ0n) is 10.5. The Balaban J connectivity index is 2.82. The van der Waals surface area contributed by atoms with Crippen LogP contribution in [0.15, 0.2) is 24.3 Å². The second kappa shape index (κ2) is 6.56. The number of hydrogen-bond donors (Lipinski definition) is 0. The van der Waals surface area contributed by atoms with E-state index < -0.39 is 35.4 Å². The van der Waals surface area contributed by atoms with Crippen LogP contribution in [-0.4, -0.2) is 24.1 Å². The third-order valence-electron chi connectivity index (χ3n) is 2.38. The lowest BCUT2D eigenvalue weighted by atomic mass is 10.0. The minimum absolute atomic E-state index is 0.0770. The van der Waals surface area contributed by atoms with Gasteiger partial charge >= 0.3 is 11.9 Å². The van der Waals surface area contributed by atoms with Gasteiger partial charge in [-0.25, -0.2) is 4.79 Å². The van der Waals surface area contributed by atoms with E-state index in [0.717, 1.165) is 12.1 Å². The highest BCUT2D eigenvalue weighted by Crippen LogP contribution is 2.31. The molecule has 1 aromatic rings. The summed E-state index contributed by atoms with van der Waals surface area (Å²) in [5.41, 5.74) is -0.594. The molecular weight excluding hydrogens is 294 g/mol. The Morgan fingerprint density at radius 2 is 1.75 bits per heavy atom. The monoisotopic (exact) mass is 304 g/mol. The van der Waals surface area contributed by atoms with Gasteiger partial charge in [-0.2, -0.15) is 8.78 Å². The molecule has 0 bridgehead atoms. The van der Waals surface area contributed by atoms with E-state index in [0.29, 0.717) is 0 Å². The Hall–Kier alpha value is -1.82. The molecule has 0 saturated carbocycles. The van der Waals surface area contributed by atoms with Crippen molar-refractivity contribution < 1.29 is 27.9 Å². The zero-order valence-corrected chi connectivity index (χ0v) is 11.2. The van der Waals surface area contributed by atoms with Crippen LogP contribution in [0.5, 0.6) is 0 Å². The molecule has 0 aromatic heterocycles. The van der Waals surface area contributed by atoms with Crippen molar-refractivity contribution in [1.29, 1.82) is 0 Å². The number of benzene rings is 1. The molecule has 0 spiro atoms. The first-order valence-electron chi connectivity index (χ1n) is 5.66. The molecule has 1 aromatic carbocycles. The van der Waals surface area contributed by atoms with Crippen LogP contribution in [0.2, 0.25) is 5.02 Å². The lowest BCUT2D eigenvalue weighted by Gasteiger charge is -2.14. The number of ketones is 2. The van der Waals surface area contributed by atoms with E-state index in [1.807, 2.05) is 0 Å². The van der Waals surface area contributed by atoms with E-state index in [2.05, 4.69) is 4.74 Å². The number of hydrogen-bond acceptors (Lipinski definition) is 4. The summed E-state index contributed by atoms with van der Waals surface area (Å²) in [5, 5.41) is 0.236. The summed E-state index contributed by atoms with van der Waals surface area (Å²) in [6.45, 7) is 1.38. The van der Waals surface area contributed by atoms with E-state index >= 15 is 0 Å². The van der Waals surface area contributed by atoms with Gasteiger partial charge in [0.25, 0.3) is 0 Å². The average Bonchev–Trinajstić information content (AvgIpc) is 2.39. The van der Waals surface area contributed by atoms with E-state index in [-0.39, 0.29) is 11.6 Å². The lowest BCUT2D eigenvalue weighted by molar-refractivity contribution is -0.157. The lowest BCUT2D eigenvalue weighted by Crippen LogP contribution is -2.30. The van der Waals surface area contributed by atoms with Crippen molar-refractivity contribution in [3.05, 3.63) is 34.9 Å². The summed E-state index contributed by atoms with van der Waals surface area (Å²) in [6.07, 6.45) is -1.21. The topological polar surface area (TPSA) is 60.4 Å². The number of carbonyl (C=O) groups excluding carboxylic acids is 3. The molecule has 0 atom stereocenters. The van der Waals surface area contributed by atoms with Gasteiger partial charge in [-0.15, -0.1) is 0 Å². The van der Waals surface area contributed by atoms with Gasteiger partial charge in [-0.3, -0.25) is 9.59 Å². The predicted molar refractivity (Wildman–Crippen MR) is 66.6 cm³/mol. The van der Waals surface area contributed by atoms with Gasteiger partial charge in [0, 0.05) is 10.6 Å². The van der Waals surface area contributed by atoms with Crippen molar-refractivity contribution in [2.75, 3.05) is 6.61 Å². The first-order chi connectivity index (χ1) is 9.28. The number of esters is 1. The van der Waals surface area contributed by atoms with Crippen LogP contribution in [0.25, 0.3) is 0 Å². The van der Waals surface area contributed by atoms with Crippen LogP contribution < -0.4 is 0 Å². The highest BCUT2D eigenvalue weighted by atomic mass is 35.5. The minimum atomic E-state index is -3.87. The molecule has 0 unspecified atom stereocenters. The highest BCUT2D eigenvalue weighted by Gasteiger charge is 2.42. The van der Waals surface area contributed by atoms with Crippen LogP contribution >= 0.6 is 11.6 Å². The molecule has 4 nitrogen and oxygen atoms in total. The molecule has 0 N–H and O–H groups in total. The number of Topliss-reactive ketones (excluding diaryl/α,β-unsaturated/α-hetero) is 2. The molecule has 0 saturated heterocycles. The third kappa shape index (κ3) is 3.84. The Bertz CT molecular complexity index is 526.